The number of aromatic carboxylic acids is 1. The number of hydrogen-bond donors (Lipinski definition) is 2. The second-order valence-corrected chi connectivity index (χ2v) is 4.32. The molecule has 0 heterocycles. The van der Waals surface area contributed by atoms with Crippen LogP contribution in [0.1, 0.15) is 15.9 Å². The van der Waals surface area contributed by atoms with Crippen molar-refractivity contribution in [3.8, 4) is 16.9 Å². The number of aromatic hydroxyl groups is 1. The van der Waals surface area contributed by atoms with Crippen LogP contribution in [0.4, 0.5) is 0 Å². The van der Waals surface area contributed by atoms with Crippen molar-refractivity contribution in [3.05, 3.63) is 52.5 Å². The molecule has 0 aliphatic heterocycles. The Bertz CT molecular complexity index is 620. The van der Waals surface area contributed by atoms with Crippen LogP contribution in [0.25, 0.3) is 11.1 Å². The number of hydrogen-bond acceptors (Lipinski definition) is 2. The maximum absolute atomic E-state index is 11.1. The van der Waals surface area contributed by atoms with Crippen LogP contribution in [0, 0.1) is 6.92 Å². The molecule has 0 saturated carbocycles. The van der Waals surface area contributed by atoms with Gasteiger partial charge in [0, 0.05) is 10.6 Å². The molecule has 0 radical (unpaired) electrons. The fourth-order valence-corrected chi connectivity index (χ4v) is 2.18. The second kappa shape index (κ2) is 4.70. The molecule has 0 atom stereocenters. The van der Waals surface area contributed by atoms with Crippen LogP contribution in [0.3, 0.4) is 0 Å². The summed E-state index contributed by atoms with van der Waals surface area (Å²) >= 11 is 6.09. The molecule has 2 rings (SSSR count). The predicted molar refractivity (Wildman–Crippen MR) is 70.2 cm³/mol. The van der Waals surface area contributed by atoms with Gasteiger partial charge in [0.05, 0.1) is 0 Å². The highest BCUT2D eigenvalue weighted by Gasteiger charge is 2.17. The van der Waals surface area contributed by atoms with Gasteiger partial charge in [-0.2, -0.15) is 0 Å². The monoisotopic (exact) mass is 262 g/mol. The maximum atomic E-state index is 11.1. The van der Waals surface area contributed by atoms with E-state index in [2.05, 4.69) is 0 Å². The lowest BCUT2D eigenvalue weighted by Gasteiger charge is -2.11. The van der Waals surface area contributed by atoms with Gasteiger partial charge in [-0.05, 0) is 30.2 Å². The minimum absolute atomic E-state index is 0.0904. The van der Waals surface area contributed by atoms with E-state index < -0.39 is 5.97 Å². The molecule has 18 heavy (non-hydrogen) atoms. The van der Waals surface area contributed by atoms with Crippen LogP contribution >= 0.6 is 11.6 Å². The third kappa shape index (κ3) is 2.05. The molecule has 0 bridgehead atoms. The van der Waals surface area contributed by atoms with E-state index in [9.17, 15) is 9.90 Å². The van der Waals surface area contributed by atoms with Crippen LogP contribution in [-0.4, -0.2) is 16.2 Å². The van der Waals surface area contributed by atoms with Crippen molar-refractivity contribution in [3.63, 3.8) is 0 Å². The molecule has 92 valence electrons. The van der Waals surface area contributed by atoms with E-state index in [0.717, 1.165) is 5.56 Å². The SMILES string of the molecule is Cc1c(-c2ccccc2Cl)ccc(O)c1C(=O)O. The standard InChI is InChI=1S/C14H11ClO3/c1-8-9(10-4-2-3-5-11(10)15)6-7-12(16)13(8)14(17)18/h2-7,16H,1H3,(H,17,18). The molecular formula is C14H11ClO3. The van der Waals surface area contributed by atoms with Crippen molar-refractivity contribution >= 4 is 17.6 Å². The molecule has 0 spiro atoms. The first kappa shape index (κ1) is 12.5. The summed E-state index contributed by atoms with van der Waals surface area (Å²) < 4.78 is 0. The molecule has 2 aromatic rings. The Balaban J connectivity index is 2.71. The Hall–Kier alpha value is -2.00. The van der Waals surface area contributed by atoms with Gasteiger partial charge in [0.1, 0.15) is 11.3 Å². The summed E-state index contributed by atoms with van der Waals surface area (Å²) in [5.41, 5.74) is 1.86. The van der Waals surface area contributed by atoms with Gasteiger partial charge in [-0.25, -0.2) is 4.79 Å². The average molecular weight is 263 g/mol. The van der Waals surface area contributed by atoms with Gasteiger partial charge in [-0.3, -0.25) is 0 Å². The van der Waals surface area contributed by atoms with Crippen LogP contribution in [0.15, 0.2) is 36.4 Å². The summed E-state index contributed by atoms with van der Waals surface area (Å²) in [7, 11) is 0. The molecule has 4 heteroatoms. The van der Waals surface area contributed by atoms with Gasteiger partial charge in [0.15, 0.2) is 0 Å². The van der Waals surface area contributed by atoms with E-state index in [4.69, 9.17) is 16.7 Å². The quantitative estimate of drug-likeness (QED) is 0.867. The normalized spacial score (nSPS) is 10.3. The van der Waals surface area contributed by atoms with Crippen molar-refractivity contribution in [2.24, 2.45) is 0 Å². The van der Waals surface area contributed by atoms with Crippen molar-refractivity contribution in [2.45, 2.75) is 6.92 Å². The van der Waals surface area contributed by atoms with E-state index in [-0.39, 0.29) is 11.3 Å². The minimum atomic E-state index is -1.15. The van der Waals surface area contributed by atoms with Gasteiger partial charge in [0.2, 0.25) is 0 Å². The van der Waals surface area contributed by atoms with Crippen LogP contribution in [-0.2, 0) is 0 Å². The Morgan fingerprint density at radius 1 is 1.11 bits per heavy atom. The number of carboxylic acids is 1. The topological polar surface area (TPSA) is 57.5 Å². The number of carbonyl (C=O) groups is 1. The smallest absolute Gasteiger partial charge is 0.339 e. The predicted octanol–water partition coefficient (Wildman–Crippen LogP) is 3.72. The summed E-state index contributed by atoms with van der Waals surface area (Å²) in [4.78, 5) is 11.1. The highest BCUT2D eigenvalue weighted by Crippen LogP contribution is 2.34. The largest absolute Gasteiger partial charge is 0.507 e. The molecule has 0 aliphatic rings. The molecule has 0 amide bonds. The molecule has 0 saturated heterocycles. The lowest BCUT2D eigenvalue weighted by molar-refractivity contribution is 0.0693. The number of rotatable bonds is 2. The third-order valence-electron chi connectivity index (χ3n) is 2.82. The maximum Gasteiger partial charge on any atom is 0.339 e. The van der Waals surface area contributed by atoms with Crippen molar-refractivity contribution in [1.82, 2.24) is 0 Å². The van der Waals surface area contributed by atoms with Gasteiger partial charge in [-0.15, -0.1) is 0 Å². The van der Waals surface area contributed by atoms with E-state index >= 15 is 0 Å². The molecular weight excluding hydrogens is 252 g/mol. The highest BCUT2D eigenvalue weighted by atomic mass is 35.5. The number of phenols is 1. The fourth-order valence-electron chi connectivity index (χ4n) is 1.94. The van der Waals surface area contributed by atoms with Crippen molar-refractivity contribution in [2.75, 3.05) is 0 Å². The van der Waals surface area contributed by atoms with Crippen LogP contribution < -0.4 is 0 Å². The molecule has 2 N–H and O–H groups in total. The zero-order chi connectivity index (χ0) is 13.3. The first-order valence-electron chi connectivity index (χ1n) is 5.33. The van der Waals surface area contributed by atoms with Crippen molar-refractivity contribution in [1.29, 1.82) is 0 Å². The molecule has 0 unspecified atom stereocenters. The van der Waals surface area contributed by atoms with E-state index in [0.29, 0.717) is 16.1 Å². The minimum Gasteiger partial charge on any atom is -0.507 e. The average Bonchev–Trinajstić information content (AvgIpc) is 2.30. The Kier molecular flexibility index (Phi) is 3.26. The third-order valence-corrected chi connectivity index (χ3v) is 3.15. The zero-order valence-corrected chi connectivity index (χ0v) is 10.4. The second-order valence-electron chi connectivity index (χ2n) is 3.92. The summed E-state index contributed by atoms with van der Waals surface area (Å²) in [5.74, 6) is -1.39. The van der Waals surface area contributed by atoms with E-state index in [1.165, 1.54) is 6.07 Å². The lowest BCUT2D eigenvalue weighted by atomic mass is 9.96. The van der Waals surface area contributed by atoms with Gasteiger partial charge in [-0.1, -0.05) is 35.9 Å². The summed E-state index contributed by atoms with van der Waals surface area (Å²) in [6.45, 7) is 1.65. The Morgan fingerprint density at radius 2 is 1.78 bits per heavy atom. The summed E-state index contributed by atoms with van der Waals surface area (Å²) in [6, 6.07) is 10.2. The molecule has 2 aromatic carbocycles. The Labute approximate surface area is 109 Å². The molecule has 0 aromatic heterocycles. The van der Waals surface area contributed by atoms with E-state index in [1.54, 1.807) is 25.1 Å². The van der Waals surface area contributed by atoms with E-state index in [1.807, 2.05) is 12.1 Å². The fraction of sp³-hybridized carbons (Fsp3) is 0.0714. The number of carboxylic acid groups (broad SMARTS) is 1. The zero-order valence-electron chi connectivity index (χ0n) is 9.64. The number of benzene rings is 2. The first-order chi connectivity index (χ1) is 8.52. The van der Waals surface area contributed by atoms with Crippen LogP contribution in [0.5, 0.6) is 5.75 Å². The van der Waals surface area contributed by atoms with Gasteiger partial charge >= 0.3 is 5.97 Å². The van der Waals surface area contributed by atoms with Crippen LogP contribution in [0.2, 0.25) is 5.02 Å². The lowest BCUT2D eigenvalue weighted by Crippen LogP contribution is -2.01. The highest BCUT2D eigenvalue weighted by molar-refractivity contribution is 6.33. The molecule has 3 nitrogen and oxygen atoms in total. The number of halogens is 1. The van der Waals surface area contributed by atoms with Gasteiger partial charge < -0.3 is 10.2 Å². The van der Waals surface area contributed by atoms with Crippen molar-refractivity contribution < 1.29 is 15.0 Å². The summed E-state index contributed by atoms with van der Waals surface area (Å²) in [6.07, 6.45) is 0. The van der Waals surface area contributed by atoms with Gasteiger partial charge in [0.25, 0.3) is 0 Å². The first-order valence-corrected chi connectivity index (χ1v) is 5.71. The molecule has 0 fully saturated rings. The summed E-state index contributed by atoms with van der Waals surface area (Å²) in [5, 5.41) is 19.2. The Morgan fingerprint density at radius 3 is 2.39 bits per heavy atom. The molecule has 0 aliphatic carbocycles.